The molecule has 1 amide bonds. The highest BCUT2D eigenvalue weighted by atomic mass is 16.6. The Morgan fingerprint density at radius 1 is 1.35 bits per heavy atom. The molecule has 134 valence electrons. The van der Waals surface area contributed by atoms with E-state index in [2.05, 4.69) is 5.32 Å². The van der Waals surface area contributed by atoms with Gasteiger partial charge in [-0.25, -0.2) is 4.79 Å². The van der Waals surface area contributed by atoms with Crippen molar-refractivity contribution >= 4 is 17.6 Å². The van der Waals surface area contributed by atoms with E-state index >= 15 is 0 Å². The van der Waals surface area contributed by atoms with Crippen molar-refractivity contribution in [3.8, 4) is 6.07 Å². The molecule has 1 atom stereocenters. The van der Waals surface area contributed by atoms with Crippen molar-refractivity contribution in [3.05, 3.63) is 52.6 Å². The summed E-state index contributed by atoms with van der Waals surface area (Å²) in [5.41, 5.74) is 4.30. The van der Waals surface area contributed by atoms with Crippen molar-refractivity contribution in [1.82, 2.24) is 0 Å². The number of carbonyl (C=O) groups is 2. The van der Waals surface area contributed by atoms with E-state index in [4.69, 9.17) is 15.2 Å². The standard InChI is InChI=1S/C19H19N3O4/c1-10-12(9-20)19(11-7-5-6-8-13(11)22-17(19)24)14(15(21)25-10)16(23)26-18(2,3)4/h5-8H,21H2,1-4H3,(H,22,24). The van der Waals surface area contributed by atoms with Gasteiger partial charge < -0.3 is 20.5 Å². The lowest BCUT2D eigenvalue weighted by atomic mass is 9.68. The highest BCUT2D eigenvalue weighted by molar-refractivity contribution is 6.17. The smallest absolute Gasteiger partial charge is 0.341 e. The minimum Gasteiger partial charge on any atom is -0.456 e. The van der Waals surface area contributed by atoms with E-state index in [0.717, 1.165) is 0 Å². The fraction of sp³-hybridized carbons (Fsp3) is 0.316. The zero-order chi connectivity index (χ0) is 19.3. The molecular weight excluding hydrogens is 334 g/mol. The number of rotatable bonds is 1. The number of para-hydroxylation sites is 1. The van der Waals surface area contributed by atoms with Crippen molar-refractivity contribution in [2.24, 2.45) is 5.73 Å². The third-order valence-corrected chi connectivity index (χ3v) is 4.25. The Bertz CT molecular complexity index is 931. The van der Waals surface area contributed by atoms with Crippen molar-refractivity contribution < 1.29 is 19.1 Å². The molecule has 0 bridgehead atoms. The first kappa shape index (κ1) is 17.5. The van der Waals surface area contributed by atoms with Gasteiger partial charge in [0.1, 0.15) is 23.0 Å². The average molecular weight is 353 g/mol. The maximum atomic E-state index is 13.1. The number of esters is 1. The number of fused-ring (bicyclic) bond motifs is 2. The second kappa shape index (κ2) is 5.63. The van der Waals surface area contributed by atoms with Crippen LogP contribution >= 0.6 is 0 Å². The van der Waals surface area contributed by atoms with Crippen LogP contribution in [0.25, 0.3) is 0 Å². The monoisotopic (exact) mass is 353 g/mol. The van der Waals surface area contributed by atoms with Crippen LogP contribution in [0.3, 0.4) is 0 Å². The van der Waals surface area contributed by atoms with Gasteiger partial charge in [-0.1, -0.05) is 18.2 Å². The van der Waals surface area contributed by atoms with E-state index in [-0.39, 0.29) is 22.8 Å². The summed E-state index contributed by atoms with van der Waals surface area (Å²) in [6.45, 7) is 6.64. The topological polar surface area (TPSA) is 114 Å². The van der Waals surface area contributed by atoms with Crippen LogP contribution in [-0.4, -0.2) is 17.5 Å². The number of benzene rings is 1. The maximum Gasteiger partial charge on any atom is 0.341 e. The van der Waals surface area contributed by atoms with Crippen LogP contribution in [0.15, 0.2) is 47.1 Å². The largest absolute Gasteiger partial charge is 0.456 e. The molecule has 26 heavy (non-hydrogen) atoms. The SMILES string of the molecule is CC1=C(C#N)C2(C(=O)Nc3ccccc32)C(C(=O)OC(C)(C)C)=C(N)O1. The number of hydrogen-bond acceptors (Lipinski definition) is 6. The first-order chi connectivity index (χ1) is 12.1. The van der Waals surface area contributed by atoms with Gasteiger partial charge in [0.2, 0.25) is 11.8 Å². The van der Waals surface area contributed by atoms with E-state index in [1.165, 1.54) is 6.92 Å². The van der Waals surface area contributed by atoms with Crippen LogP contribution in [0.2, 0.25) is 0 Å². The molecule has 7 heteroatoms. The fourth-order valence-electron chi connectivity index (χ4n) is 3.34. The highest BCUT2D eigenvalue weighted by Gasteiger charge is 2.60. The number of amides is 1. The third-order valence-electron chi connectivity index (χ3n) is 4.25. The number of nitrogens with two attached hydrogens (primary N) is 1. The lowest BCUT2D eigenvalue weighted by Crippen LogP contribution is -2.46. The highest BCUT2D eigenvalue weighted by Crippen LogP contribution is 2.51. The minimum absolute atomic E-state index is 0.00927. The predicted molar refractivity (Wildman–Crippen MR) is 93.2 cm³/mol. The molecule has 1 aromatic rings. The first-order valence-electron chi connectivity index (χ1n) is 8.06. The van der Waals surface area contributed by atoms with Crippen LogP contribution in [0.5, 0.6) is 0 Å². The summed E-state index contributed by atoms with van der Waals surface area (Å²) in [6, 6.07) is 8.88. The van der Waals surface area contributed by atoms with Gasteiger partial charge in [-0.15, -0.1) is 0 Å². The van der Waals surface area contributed by atoms with Gasteiger partial charge in [0.15, 0.2) is 5.41 Å². The molecule has 3 rings (SSSR count). The second-order valence-corrected chi connectivity index (χ2v) is 7.14. The summed E-state index contributed by atoms with van der Waals surface area (Å²) >= 11 is 0. The number of hydrogen-bond donors (Lipinski definition) is 2. The number of nitriles is 1. The van der Waals surface area contributed by atoms with Crippen molar-refractivity contribution in [3.63, 3.8) is 0 Å². The summed E-state index contributed by atoms with van der Waals surface area (Å²) in [4.78, 5) is 26.1. The van der Waals surface area contributed by atoms with Crippen LogP contribution < -0.4 is 11.1 Å². The average Bonchev–Trinajstić information content (AvgIpc) is 2.79. The lowest BCUT2D eigenvalue weighted by molar-refractivity contribution is -0.151. The molecule has 0 aliphatic carbocycles. The van der Waals surface area contributed by atoms with Gasteiger partial charge >= 0.3 is 5.97 Å². The third kappa shape index (κ3) is 2.34. The van der Waals surface area contributed by atoms with Crippen molar-refractivity contribution in [2.75, 3.05) is 5.32 Å². The van der Waals surface area contributed by atoms with Crippen LogP contribution in [-0.2, 0) is 24.5 Å². The van der Waals surface area contributed by atoms with Gasteiger partial charge in [0.05, 0.1) is 5.57 Å². The molecule has 7 nitrogen and oxygen atoms in total. The van der Waals surface area contributed by atoms with Crippen LogP contribution in [0, 0.1) is 11.3 Å². The molecule has 2 aliphatic rings. The normalized spacial score (nSPS) is 21.9. The zero-order valence-corrected chi connectivity index (χ0v) is 15.0. The number of nitrogens with zero attached hydrogens (tertiary/aromatic N) is 1. The molecule has 1 unspecified atom stereocenters. The Morgan fingerprint density at radius 3 is 2.62 bits per heavy atom. The molecule has 1 aromatic carbocycles. The number of anilines is 1. The number of carbonyl (C=O) groups excluding carboxylic acids is 2. The zero-order valence-electron chi connectivity index (χ0n) is 15.0. The predicted octanol–water partition coefficient (Wildman–Crippen LogP) is 2.22. The minimum atomic E-state index is -1.69. The van der Waals surface area contributed by atoms with E-state index in [9.17, 15) is 14.9 Å². The number of allylic oxidation sites excluding steroid dienone is 1. The van der Waals surface area contributed by atoms with Crippen LogP contribution in [0.1, 0.15) is 33.3 Å². The van der Waals surface area contributed by atoms with Gasteiger partial charge in [-0.2, -0.15) is 5.26 Å². The molecule has 3 N–H and O–H groups in total. The Labute approximate surface area is 151 Å². The molecule has 2 heterocycles. The lowest BCUT2D eigenvalue weighted by Gasteiger charge is -2.35. The maximum absolute atomic E-state index is 13.1. The molecule has 0 saturated carbocycles. The van der Waals surface area contributed by atoms with Crippen molar-refractivity contribution in [2.45, 2.75) is 38.7 Å². The van der Waals surface area contributed by atoms with E-state index in [1.807, 2.05) is 6.07 Å². The molecular formula is C19H19N3O4. The quantitative estimate of drug-likeness (QED) is 0.748. The van der Waals surface area contributed by atoms with Crippen LogP contribution in [0.4, 0.5) is 5.69 Å². The van der Waals surface area contributed by atoms with E-state index in [1.54, 1.807) is 45.0 Å². The fourth-order valence-corrected chi connectivity index (χ4v) is 3.34. The summed E-state index contributed by atoms with van der Waals surface area (Å²) in [5, 5.41) is 12.5. The molecule has 0 saturated heterocycles. The van der Waals surface area contributed by atoms with Crippen molar-refractivity contribution in [1.29, 1.82) is 5.26 Å². The molecule has 0 aromatic heterocycles. The van der Waals surface area contributed by atoms with E-state index in [0.29, 0.717) is 11.3 Å². The summed E-state index contributed by atoms with van der Waals surface area (Å²) < 4.78 is 10.9. The van der Waals surface area contributed by atoms with Gasteiger partial charge in [0.25, 0.3) is 0 Å². The molecule has 2 aliphatic heterocycles. The summed E-state index contributed by atoms with van der Waals surface area (Å²) in [5.74, 6) is -1.42. The van der Waals surface area contributed by atoms with Gasteiger partial charge in [-0.3, -0.25) is 4.79 Å². The van der Waals surface area contributed by atoms with Gasteiger partial charge in [0, 0.05) is 11.3 Å². The summed E-state index contributed by atoms with van der Waals surface area (Å²) in [6.07, 6.45) is 0. The Kier molecular flexibility index (Phi) is 3.80. The Balaban J connectivity index is 2.33. The molecule has 0 radical (unpaired) electrons. The number of ether oxygens (including phenoxy) is 2. The van der Waals surface area contributed by atoms with Gasteiger partial charge in [-0.05, 0) is 33.8 Å². The number of nitrogens with one attached hydrogen (secondary N) is 1. The molecule has 1 spiro atoms. The Hall–Kier alpha value is -3.27. The summed E-state index contributed by atoms with van der Waals surface area (Å²) in [7, 11) is 0. The van der Waals surface area contributed by atoms with E-state index < -0.39 is 22.9 Å². The Morgan fingerprint density at radius 2 is 2.00 bits per heavy atom. The molecule has 0 fully saturated rings. The second-order valence-electron chi connectivity index (χ2n) is 7.14. The first-order valence-corrected chi connectivity index (χ1v) is 8.06.